The molecule has 8 nitrogen and oxygen atoms in total. The molecule has 1 amide bonds. The van der Waals surface area contributed by atoms with Crippen molar-refractivity contribution in [3.63, 3.8) is 0 Å². The molecule has 1 saturated heterocycles. The number of methoxy groups -OCH3 is 1. The number of rotatable bonds is 6. The van der Waals surface area contributed by atoms with Crippen molar-refractivity contribution in [3.8, 4) is 11.5 Å². The Morgan fingerprint density at radius 2 is 2.07 bits per heavy atom. The third-order valence-corrected chi connectivity index (χ3v) is 5.07. The molecule has 150 valence electrons. The van der Waals surface area contributed by atoms with Gasteiger partial charge in [0.15, 0.2) is 23.3 Å². The molecular weight excluding hydrogens is 384 g/mol. The molecule has 0 aliphatic carbocycles. The van der Waals surface area contributed by atoms with E-state index in [1.165, 1.54) is 18.9 Å². The van der Waals surface area contributed by atoms with E-state index in [4.69, 9.17) is 14.2 Å². The van der Waals surface area contributed by atoms with Crippen LogP contribution in [0, 0.1) is 0 Å². The minimum Gasteiger partial charge on any atom is -0.490 e. The lowest BCUT2D eigenvalue weighted by Crippen LogP contribution is -2.38. The zero-order valence-corrected chi connectivity index (χ0v) is 16.6. The molecule has 0 N–H and O–H groups in total. The molecule has 2 aliphatic rings. The largest absolute Gasteiger partial charge is 0.490 e. The minimum atomic E-state index is -0.477. The van der Waals surface area contributed by atoms with Crippen LogP contribution >= 0.6 is 11.8 Å². The van der Waals surface area contributed by atoms with Gasteiger partial charge in [0.05, 0.1) is 31.8 Å². The number of benzene rings is 1. The fourth-order valence-electron chi connectivity index (χ4n) is 2.64. The number of amides is 1. The van der Waals surface area contributed by atoms with E-state index in [-0.39, 0.29) is 12.5 Å². The van der Waals surface area contributed by atoms with Gasteiger partial charge in [-0.1, -0.05) is 6.07 Å². The second-order valence-electron chi connectivity index (χ2n) is 5.91. The van der Waals surface area contributed by atoms with Gasteiger partial charge in [0.25, 0.3) is 5.91 Å². The number of hydrogen-bond donors (Lipinski definition) is 0. The van der Waals surface area contributed by atoms with Crippen LogP contribution in [0.25, 0.3) is 6.08 Å². The Hall–Kier alpha value is -2.52. The van der Waals surface area contributed by atoms with Crippen LogP contribution in [-0.4, -0.2) is 68.6 Å². The topological polar surface area (TPSA) is 86.7 Å². The number of aliphatic imine (C=N–C) groups is 1. The number of ether oxygens (including phenoxy) is 4. The van der Waals surface area contributed by atoms with Crippen molar-refractivity contribution in [3.05, 3.63) is 28.7 Å². The van der Waals surface area contributed by atoms with Gasteiger partial charge < -0.3 is 23.8 Å². The number of nitrogens with zero attached hydrogens (tertiary/aromatic N) is 2. The number of carbonyl (C=O) groups excluding carboxylic acids is 2. The van der Waals surface area contributed by atoms with Crippen LogP contribution in [0.3, 0.4) is 0 Å². The third-order valence-electron chi connectivity index (χ3n) is 4.03. The van der Waals surface area contributed by atoms with E-state index in [0.29, 0.717) is 41.4 Å². The maximum atomic E-state index is 12.3. The second-order valence-corrected chi connectivity index (χ2v) is 6.92. The van der Waals surface area contributed by atoms with Crippen LogP contribution in [0.4, 0.5) is 0 Å². The molecule has 0 spiro atoms. The van der Waals surface area contributed by atoms with Gasteiger partial charge in [0.2, 0.25) is 0 Å². The first-order valence-corrected chi connectivity index (χ1v) is 9.74. The molecule has 0 radical (unpaired) electrons. The number of amidine groups is 1. The predicted molar refractivity (Wildman–Crippen MR) is 106 cm³/mol. The second kappa shape index (κ2) is 9.61. The number of carbonyl (C=O) groups is 2. The van der Waals surface area contributed by atoms with Gasteiger partial charge in [0.1, 0.15) is 0 Å². The van der Waals surface area contributed by atoms with Crippen LogP contribution in [0.5, 0.6) is 11.5 Å². The molecule has 2 aliphatic heterocycles. The number of hydrogen-bond acceptors (Lipinski definition) is 8. The summed E-state index contributed by atoms with van der Waals surface area (Å²) in [5.74, 6) is 0.195. The summed E-state index contributed by atoms with van der Waals surface area (Å²) in [6, 6.07) is 5.26. The average molecular weight is 406 g/mol. The molecule has 3 rings (SSSR count). The molecule has 0 aromatic heterocycles. The Bertz CT molecular complexity index is 802. The van der Waals surface area contributed by atoms with Crippen LogP contribution < -0.4 is 9.47 Å². The van der Waals surface area contributed by atoms with Crippen molar-refractivity contribution in [1.82, 2.24) is 4.90 Å². The molecule has 0 bridgehead atoms. The molecule has 2 heterocycles. The number of esters is 1. The molecular formula is C19H22N2O6S. The van der Waals surface area contributed by atoms with Gasteiger partial charge in [-0.3, -0.25) is 4.79 Å². The standard InChI is InChI=1S/C19H22N2O6S/c1-3-26-15-10-13(4-5-14(15)27-12-17(22)24-2)11-16-18(23)20-19(28-16)21-6-8-25-9-7-21/h4-5,10-11H,3,6-9,12H2,1-2H3. The monoisotopic (exact) mass is 406 g/mol. The Labute approximate surface area is 167 Å². The Balaban J connectivity index is 1.73. The summed E-state index contributed by atoms with van der Waals surface area (Å²) in [5, 5.41) is 0.711. The highest BCUT2D eigenvalue weighted by Gasteiger charge is 2.27. The zero-order chi connectivity index (χ0) is 19.9. The van der Waals surface area contributed by atoms with Crippen LogP contribution in [0.1, 0.15) is 12.5 Å². The van der Waals surface area contributed by atoms with Gasteiger partial charge >= 0.3 is 5.97 Å². The number of morpholine rings is 1. The third kappa shape index (κ3) is 5.05. The first kappa shape index (κ1) is 20.2. The maximum absolute atomic E-state index is 12.3. The lowest BCUT2D eigenvalue weighted by Gasteiger charge is -2.27. The molecule has 28 heavy (non-hydrogen) atoms. The molecule has 1 fully saturated rings. The van der Waals surface area contributed by atoms with Crippen LogP contribution in [0.15, 0.2) is 28.1 Å². The summed E-state index contributed by atoms with van der Waals surface area (Å²) in [5.41, 5.74) is 0.781. The van der Waals surface area contributed by atoms with Crippen molar-refractivity contribution in [2.45, 2.75) is 6.92 Å². The first-order valence-electron chi connectivity index (χ1n) is 8.92. The fourth-order valence-corrected chi connectivity index (χ4v) is 3.60. The van der Waals surface area contributed by atoms with Crippen molar-refractivity contribution >= 4 is 34.9 Å². The van der Waals surface area contributed by atoms with E-state index in [1.807, 2.05) is 6.92 Å². The Kier molecular flexibility index (Phi) is 6.94. The molecule has 1 aromatic rings. The lowest BCUT2D eigenvalue weighted by atomic mass is 10.2. The van der Waals surface area contributed by atoms with Gasteiger partial charge in [-0.15, -0.1) is 0 Å². The molecule has 1 aromatic carbocycles. The van der Waals surface area contributed by atoms with E-state index >= 15 is 0 Å². The van der Waals surface area contributed by atoms with E-state index in [9.17, 15) is 9.59 Å². The molecule has 0 saturated carbocycles. The fraction of sp³-hybridized carbons (Fsp3) is 0.421. The zero-order valence-electron chi connectivity index (χ0n) is 15.8. The summed E-state index contributed by atoms with van der Waals surface area (Å²) in [6.45, 7) is 4.82. The van der Waals surface area contributed by atoms with Gasteiger partial charge in [-0.05, 0) is 42.5 Å². The normalized spacial score (nSPS) is 18.2. The first-order chi connectivity index (χ1) is 13.6. The van der Waals surface area contributed by atoms with Crippen molar-refractivity contribution in [1.29, 1.82) is 0 Å². The van der Waals surface area contributed by atoms with E-state index < -0.39 is 5.97 Å². The Morgan fingerprint density at radius 1 is 1.29 bits per heavy atom. The van der Waals surface area contributed by atoms with Crippen molar-refractivity contribution in [2.24, 2.45) is 4.99 Å². The molecule has 0 unspecified atom stereocenters. The highest BCUT2D eigenvalue weighted by Crippen LogP contribution is 2.33. The smallest absolute Gasteiger partial charge is 0.343 e. The summed E-state index contributed by atoms with van der Waals surface area (Å²) in [6.07, 6.45) is 1.77. The summed E-state index contributed by atoms with van der Waals surface area (Å²) in [7, 11) is 1.30. The predicted octanol–water partition coefficient (Wildman–Crippen LogP) is 1.94. The number of thioether (sulfide) groups is 1. The summed E-state index contributed by atoms with van der Waals surface area (Å²) >= 11 is 1.36. The lowest BCUT2D eigenvalue weighted by molar-refractivity contribution is -0.142. The molecule has 9 heteroatoms. The Morgan fingerprint density at radius 3 is 2.79 bits per heavy atom. The summed E-state index contributed by atoms with van der Waals surface area (Å²) in [4.78, 5) is 30.3. The maximum Gasteiger partial charge on any atom is 0.343 e. The highest BCUT2D eigenvalue weighted by atomic mass is 32.2. The quantitative estimate of drug-likeness (QED) is 0.523. The van der Waals surface area contributed by atoms with Crippen molar-refractivity contribution in [2.75, 3.05) is 46.6 Å². The van der Waals surface area contributed by atoms with E-state index in [0.717, 1.165) is 18.7 Å². The van der Waals surface area contributed by atoms with Gasteiger partial charge in [-0.2, -0.15) is 4.99 Å². The van der Waals surface area contributed by atoms with Gasteiger partial charge in [0, 0.05) is 13.1 Å². The van der Waals surface area contributed by atoms with E-state index in [2.05, 4.69) is 14.6 Å². The van der Waals surface area contributed by atoms with Crippen molar-refractivity contribution < 1.29 is 28.5 Å². The van der Waals surface area contributed by atoms with Crippen LogP contribution in [0.2, 0.25) is 0 Å². The highest BCUT2D eigenvalue weighted by molar-refractivity contribution is 8.18. The summed E-state index contributed by atoms with van der Waals surface area (Å²) < 4.78 is 21.0. The van der Waals surface area contributed by atoms with Crippen LogP contribution in [-0.2, 0) is 19.1 Å². The van der Waals surface area contributed by atoms with Gasteiger partial charge in [-0.25, -0.2) is 4.79 Å². The minimum absolute atomic E-state index is 0.206. The SMILES string of the molecule is CCOc1cc(C=C2SC(N3CCOCC3)=NC2=O)ccc1OCC(=O)OC. The molecule has 0 atom stereocenters. The van der Waals surface area contributed by atoms with E-state index in [1.54, 1.807) is 24.3 Å². The average Bonchev–Trinajstić information content (AvgIpc) is 3.08.